The highest BCUT2D eigenvalue weighted by Crippen LogP contribution is 2.28. The van der Waals surface area contributed by atoms with Crippen LogP contribution in [0.4, 0.5) is 5.69 Å². The molecule has 1 aromatic heterocycles. The van der Waals surface area contributed by atoms with Gasteiger partial charge in [-0.2, -0.15) is 0 Å². The van der Waals surface area contributed by atoms with E-state index in [1.165, 1.54) is 22.9 Å². The number of aryl methyl sites for hydroxylation is 2. The zero-order valence-electron chi connectivity index (χ0n) is 18.8. The molecule has 1 heterocycles. The molecular formula is C24H30N4O2S. The maximum absolute atomic E-state index is 12.4. The smallest absolute Gasteiger partial charge is 0.234 e. The summed E-state index contributed by atoms with van der Waals surface area (Å²) in [5, 5.41) is 12.3. The van der Waals surface area contributed by atoms with E-state index >= 15 is 0 Å². The molecule has 0 bridgehead atoms. The molecule has 1 atom stereocenters. The van der Waals surface area contributed by atoms with Gasteiger partial charge in [-0.25, -0.2) is 0 Å². The summed E-state index contributed by atoms with van der Waals surface area (Å²) in [4.78, 5) is 12.4. The lowest BCUT2D eigenvalue weighted by atomic mass is 10.1. The number of hydrogen-bond acceptors (Lipinski definition) is 5. The van der Waals surface area contributed by atoms with Crippen LogP contribution in [0.2, 0.25) is 0 Å². The molecule has 3 rings (SSSR count). The van der Waals surface area contributed by atoms with Crippen molar-refractivity contribution in [2.24, 2.45) is 0 Å². The molecule has 164 valence electrons. The molecule has 1 amide bonds. The van der Waals surface area contributed by atoms with Gasteiger partial charge < -0.3 is 14.6 Å². The Balaban J connectivity index is 1.63. The monoisotopic (exact) mass is 438 g/mol. The average Bonchev–Trinajstić information content (AvgIpc) is 3.19. The van der Waals surface area contributed by atoms with Crippen molar-refractivity contribution in [1.29, 1.82) is 0 Å². The van der Waals surface area contributed by atoms with E-state index in [1.54, 1.807) is 0 Å². The van der Waals surface area contributed by atoms with Crippen LogP contribution in [0.5, 0.6) is 5.75 Å². The van der Waals surface area contributed by atoms with Crippen LogP contribution in [0, 0.1) is 13.8 Å². The topological polar surface area (TPSA) is 69.0 Å². The SMILES string of the molecule is CCc1ccc(NC(=O)CSc2nnc(C(C)Oc3cccc(C)c3C)n2CC)cc1. The largest absolute Gasteiger partial charge is 0.482 e. The van der Waals surface area contributed by atoms with Gasteiger partial charge in [0.2, 0.25) is 5.91 Å². The fraction of sp³-hybridized carbons (Fsp3) is 0.375. The molecule has 0 aliphatic rings. The van der Waals surface area contributed by atoms with Gasteiger partial charge in [0.15, 0.2) is 17.1 Å². The van der Waals surface area contributed by atoms with Crippen LogP contribution >= 0.6 is 11.8 Å². The molecule has 1 N–H and O–H groups in total. The van der Waals surface area contributed by atoms with Gasteiger partial charge in [0.05, 0.1) is 5.75 Å². The maximum atomic E-state index is 12.4. The number of amides is 1. The van der Waals surface area contributed by atoms with E-state index in [-0.39, 0.29) is 17.8 Å². The number of carbonyl (C=O) groups excluding carboxylic acids is 1. The molecular weight excluding hydrogens is 408 g/mol. The van der Waals surface area contributed by atoms with Gasteiger partial charge in [0, 0.05) is 12.2 Å². The number of carbonyl (C=O) groups is 1. The number of thioether (sulfide) groups is 1. The number of benzene rings is 2. The van der Waals surface area contributed by atoms with Crippen molar-refractivity contribution in [3.05, 3.63) is 65.0 Å². The molecule has 6 nitrogen and oxygen atoms in total. The van der Waals surface area contributed by atoms with Crippen LogP contribution in [0.15, 0.2) is 47.6 Å². The molecule has 1 unspecified atom stereocenters. The molecule has 0 fully saturated rings. The number of ether oxygens (including phenoxy) is 1. The van der Waals surface area contributed by atoms with Crippen LogP contribution in [-0.4, -0.2) is 26.4 Å². The van der Waals surface area contributed by atoms with E-state index in [0.717, 1.165) is 29.2 Å². The Kier molecular flexibility index (Phi) is 7.74. The molecule has 2 aromatic carbocycles. The van der Waals surface area contributed by atoms with Crippen molar-refractivity contribution in [1.82, 2.24) is 14.8 Å². The molecule has 0 saturated heterocycles. The predicted molar refractivity (Wildman–Crippen MR) is 126 cm³/mol. The molecule has 0 aliphatic carbocycles. The second-order valence-corrected chi connectivity index (χ2v) is 8.37. The van der Waals surface area contributed by atoms with Crippen LogP contribution in [0.1, 0.15) is 49.4 Å². The first-order valence-electron chi connectivity index (χ1n) is 10.6. The Morgan fingerprint density at radius 2 is 1.87 bits per heavy atom. The summed E-state index contributed by atoms with van der Waals surface area (Å²) in [7, 11) is 0. The minimum Gasteiger partial charge on any atom is -0.482 e. The molecule has 7 heteroatoms. The summed E-state index contributed by atoms with van der Waals surface area (Å²) >= 11 is 1.38. The van der Waals surface area contributed by atoms with Gasteiger partial charge in [0.1, 0.15) is 5.75 Å². The zero-order chi connectivity index (χ0) is 22.4. The lowest BCUT2D eigenvalue weighted by Crippen LogP contribution is -2.15. The Hall–Kier alpha value is -2.80. The normalized spacial score (nSPS) is 11.9. The van der Waals surface area contributed by atoms with Crippen molar-refractivity contribution < 1.29 is 9.53 Å². The molecule has 0 spiro atoms. The third kappa shape index (κ3) is 5.67. The fourth-order valence-electron chi connectivity index (χ4n) is 3.25. The van der Waals surface area contributed by atoms with Crippen LogP contribution in [0.3, 0.4) is 0 Å². The minimum atomic E-state index is -0.256. The first-order chi connectivity index (χ1) is 14.9. The average molecular weight is 439 g/mol. The molecule has 0 aliphatic heterocycles. The summed E-state index contributed by atoms with van der Waals surface area (Å²) in [5.41, 5.74) is 4.35. The Labute approximate surface area is 188 Å². The predicted octanol–water partition coefficient (Wildman–Crippen LogP) is 5.35. The van der Waals surface area contributed by atoms with Crippen molar-refractivity contribution in [3.8, 4) is 5.75 Å². The van der Waals surface area contributed by atoms with Gasteiger partial charge in [-0.05, 0) is 69.0 Å². The third-order valence-corrected chi connectivity index (χ3v) is 6.23. The standard InChI is InChI=1S/C24H30N4O2S/c1-6-19-11-13-20(14-12-19)25-22(29)15-31-24-27-26-23(28(24)7-2)18(5)30-21-10-8-9-16(3)17(21)4/h8-14,18H,6-7,15H2,1-5H3,(H,25,29). The van der Waals surface area contributed by atoms with Gasteiger partial charge >= 0.3 is 0 Å². The highest BCUT2D eigenvalue weighted by molar-refractivity contribution is 7.99. The molecule has 0 saturated carbocycles. The highest BCUT2D eigenvalue weighted by Gasteiger charge is 2.20. The fourth-order valence-corrected chi connectivity index (χ4v) is 4.06. The summed E-state index contributed by atoms with van der Waals surface area (Å²) in [6.45, 7) is 10.9. The summed E-state index contributed by atoms with van der Waals surface area (Å²) in [5.74, 6) is 1.79. The maximum Gasteiger partial charge on any atom is 0.234 e. The van der Waals surface area contributed by atoms with Gasteiger partial charge in [0.25, 0.3) is 0 Å². The van der Waals surface area contributed by atoms with Crippen LogP contribution < -0.4 is 10.1 Å². The number of rotatable bonds is 9. The second-order valence-electron chi connectivity index (χ2n) is 7.43. The van der Waals surface area contributed by atoms with Crippen molar-refractivity contribution in [3.63, 3.8) is 0 Å². The molecule has 3 aromatic rings. The van der Waals surface area contributed by atoms with Gasteiger partial charge in [-0.15, -0.1) is 10.2 Å². The van der Waals surface area contributed by atoms with E-state index in [9.17, 15) is 4.79 Å². The third-order valence-electron chi connectivity index (χ3n) is 5.26. The first-order valence-corrected chi connectivity index (χ1v) is 11.6. The number of nitrogens with zero attached hydrogens (tertiary/aromatic N) is 3. The van der Waals surface area contributed by atoms with Crippen molar-refractivity contribution in [2.75, 3.05) is 11.1 Å². The van der Waals surface area contributed by atoms with Gasteiger partial charge in [-0.3, -0.25) is 4.79 Å². The van der Waals surface area contributed by atoms with Crippen molar-refractivity contribution >= 4 is 23.4 Å². The minimum absolute atomic E-state index is 0.0684. The van der Waals surface area contributed by atoms with Gasteiger partial charge in [-0.1, -0.05) is 43.0 Å². The molecule has 31 heavy (non-hydrogen) atoms. The van der Waals surface area contributed by atoms with Crippen LogP contribution in [0.25, 0.3) is 0 Å². The number of hydrogen-bond donors (Lipinski definition) is 1. The molecule has 0 radical (unpaired) electrons. The highest BCUT2D eigenvalue weighted by atomic mass is 32.2. The second kappa shape index (κ2) is 10.5. The zero-order valence-corrected chi connectivity index (χ0v) is 19.6. The summed E-state index contributed by atoms with van der Waals surface area (Å²) in [6.07, 6.45) is 0.721. The van der Waals surface area contributed by atoms with E-state index in [0.29, 0.717) is 11.7 Å². The Morgan fingerprint density at radius 1 is 1.13 bits per heavy atom. The quantitative estimate of drug-likeness (QED) is 0.456. The lowest BCUT2D eigenvalue weighted by Gasteiger charge is -2.17. The van der Waals surface area contributed by atoms with E-state index < -0.39 is 0 Å². The van der Waals surface area contributed by atoms with E-state index in [2.05, 4.69) is 42.4 Å². The number of aromatic nitrogens is 3. The van der Waals surface area contributed by atoms with Crippen molar-refractivity contribution in [2.45, 2.75) is 58.8 Å². The summed E-state index contributed by atoms with van der Waals surface area (Å²) in [6, 6.07) is 13.9. The first kappa shape index (κ1) is 22.9. The van der Waals surface area contributed by atoms with Crippen LogP contribution in [-0.2, 0) is 17.8 Å². The Bertz CT molecular complexity index is 1030. The number of nitrogens with one attached hydrogen (secondary N) is 1. The summed E-state index contributed by atoms with van der Waals surface area (Å²) < 4.78 is 8.18. The lowest BCUT2D eigenvalue weighted by molar-refractivity contribution is -0.113. The van der Waals surface area contributed by atoms with E-state index in [1.807, 2.05) is 54.8 Å². The van der Waals surface area contributed by atoms with E-state index in [4.69, 9.17) is 4.74 Å². The Morgan fingerprint density at radius 3 is 2.55 bits per heavy atom. The number of anilines is 1.